The predicted molar refractivity (Wildman–Crippen MR) is 206 cm³/mol. The molecular formula is C46H28S. The lowest BCUT2D eigenvalue weighted by molar-refractivity contribution is 1.63. The molecule has 9 aromatic carbocycles. The second-order valence-electron chi connectivity index (χ2n) is 12.4. The predicted octanol–water partition coefficient (Wildman–Crippen LogP) is 13.7. The fraction of sp³-hybridized carbons (Fsp3) is 0. The summed E-state index contributed by atoms with van der Waals surface area (Å²) >= 11 is 1.92. The van der Waals surface area contributed by atoms with Crippen molar-refractivity contribution in [3.05, 3.63) is 170 Å². The van der Waals surface area contributed by atoms with E-state index in [4.69, 9.17) is 0 Å². The fourth-order valence-corrected chi connectivity index (χ4v) is 9.03. The highest BCUT2D eigenvalue weighted by Gasteiger charge is 2.20. The summed E-state index contributed by atoms with van der Waals surface area (Å²) in [7, 11) is 0. The molecule has 0 aliphatic rings. The topological polar surface area (TPSA) is 0 Å². The van der Waals surface area contributed by atoms with Crippen molar-refractivity contribution in [1.29, 1.82) is 0 Å². The molecule has 0 bridgehead atoms. The summed E-state index contributed by atoms with van der Waals surface area (Å²) in [6.45, 7) is 0. The van der Waals surface area contributed by atoms with Crippen LogP contribution in [0.4, 0.5) is 0 Å². The summed E-state index contributed by atoms with van der Waals surface area (Å²) in [5.74, 6) is 0. The van der Waals surface area contributed by atoms with Crippen molar-refractivity contribution in [3.63, 3.8) is 0 Å². The minimum Gasteiger partial charge on any atom is -0.135 e. The Labute approximate surface area is 276 Å². The summed E-state index contributed by atoms with van der Waals surface area (Å²) in [5, 5.41) is 13.0. The Morgan fingerprint density at radius 2 is 0.787 bits per heavy atom. The molecule has 47 heavy (non-hydrogen) atoms. The summed E-state index contributed by atoms with van der Waals surface area (Å²) < 4.78 is 2.68. The maximum Gasteiger partial charge on any atom is 0.0434 e. The second kappa shape index (κ2) is 10.4. The van der Waals surface area contributed by atoms with Gasteiger partial charge >= 0.3 is 0 Å². The Morgan fingerprint density at radius 1 is 0.298 bits per heavy atom. The van der Waals surface area contributed by atoms with Crippen molar-refractivity contribution in [3.8, 4) is 33.4 Å². The van der Waals surface area contributed by atoms with E-state index in [1.807, 2.05) is 11.3 Å². The van der Waals surface area contributed by atoms with Crippen LogP contribution < -0.4 is 0 Å². The molecule has 0 saturated heterocycles. The number of benzene rings is 9. The van der Waals surface area contributed by atoms with E-state index in [2.05, 4.69) is 170 Å². The lowest BCUT2D eigenvalue weighted by Gasteiger charge is -2.18. The zero-order valence-corrected chi connectivity index (χ0v) is 26.4. The van der Waals surface area contributed by atoms with E-state index < -0.39 is 0 Å². The standard InChI is InChI=1S/C46H28S/c1-3-14-33-29(11-1)13-9-20-34(33)31-23-25-32(26-24-31)43-36-16-5-7-18-38(36)44(39-19-8-6-17-37(39)43)40-21-10-22-41-45-35-15-4-2-12-30(35)27-28-42(45)47-46(40)41/h1-28H. The van der Waals surface area contributed by atoms with Crippen molar-refractivity contribution >= 4 is 74.6 Å². The van der Waals surface area contributed by atoms with Crippen molar-refractivity contribution in [1.82, 2.24) is 0 Å². The molecule has 10 aromatic rings. The Bertz CT molecular complexity index is 2770. The van der Waals surface area contributed by atoms with Gasteiger partial charge in [-0.15, -0.1) is 11.3 Å². The lowest BCUT2D eigenvalue weighted by Crippen LogP contribution is -1.91. The smallest absolute Gasteiger partial charge is 0.0434 e. The molecule has 0 aliphatic heterocycles. The Hall–Kier alpha value is -5.76. The van der Waals surface area contributed by atoms with Gasteiger partial charge in [0.15, 0.2) is 0 Å². The number of hydrogen-bond donors (Lipinski definition) is 0. The number of hydrogen-bond acceptors (Lipinski definition) is 1. The third-order valence-corrected chi connectivity index (χ3v) is 11.1. The average molecular weight is 613 g/mol. The van der Waals surface area contributed by atoms with E-state index in [0.29, 0.717) is 0 Å². The second-order valence-corrected chi connectivity index (χ2v) is 13.4. The minimum absolute atomic E-state index is 1.24. The first-order valence-electron chi connectivity index (χ1n) is 16.2. The molecule has 1 heteroatoms. The van der Waals surface area contributed by atoms with E-state index in [-0.39, 0.29) is 0 Å². The maximum absolute atomic E-state index is 2.33. The van der Waals surface area contributed by atoms with Crippen LogP contribution >= 0.6 is 11.3 Å². The number of thiophene rings is 1. The first-order valence-corrected chi connectivity index (χ1v) is 17.0. The van der Waals surface area contributed by atoms with Gasteiger partial charge in [-0.2, -0.15) is 0 Å². The van der Waals surface area contributed by atoms with Crippen molar-refractivity contribution < 1.29 is 0 Å². The van der Waals surface area contributed by atoms with E-state index in [1.165, 1.54) is 96.6 Å². The molecule has 10 rings (SSSR count). The first kappa shape index (κ1) is 26.5. The van der Waals surface area contributed by atoms with Crippen molar-refractivity contribution in [2.75, 3.05) is 0 Å². The molecule has 0 saturated carbocycles. The fourth-order valence-electron chi connectivity index (χ4n) is 7.79. The summed E-state index contributed by atoms with van der Waals surface area (Å²) in [5.41, 5.74) is 7.65. The molecule has 0 N–H and O–H groups in total. The normalized spacial score (nSPS) is 11.8. The highest BCUT2D eigenvalue weighted by Crippen LogP contribution is 2.48. The molecule has 0 aliphatic carbocycles. The Balaban J connectivity index is 1.23. The molecule has 0 nitrogen and oxygen atoms in total. The van der Waals surface area contributed by atoms with Gasteiger partial charge < -0.3 is 0 Å². The summed E-state index contributed by atoms with van der Waals surface area (Å²) in [6, 6.07) is 62.6. The van der Waals surface area contributed by atoms with Crippen LogP contribution in [0.15, 0.2) is 170 Å². The lowest BCUT2D eigenvalue weighted by atomic mass is 9.85. The quantitative estimate of drug-likeness (QED) is 0.174. The van der Waals surface area contributed by atoms with Gasteiger partial charge in [-0.3, -0.25) is 0 Å². The maximum atomic E-state index is 2.33. The molecule has 1 aromatic heterocycles. The summed E-state index contributed by atoms with van der Waals surface area (Å²) in [6.07, 6.45) is 0. The Morgan fingerprint density at radius 3 is 1.49 bits per heavy atom. The largest absolute Gasteiger partial charge is 0.135 e. The van der Waals surface area contributed by atoms with Gasteiger partial charge in [-0.1, -0.05) is 164 Å². The first-order chi connectivity index (χ1) is 23.3. The Kier molecular flexibility index (Phi) is 5.85. The van der Waals surface area contributed by atoms with Gasteiger partial charge in [0, 0.05) is 25.7 Å². The zero-order chi connectivity index (χ0) is 30.9. The van der Waals surface area contributed by atoms with Crippen molar-refractivity contribution in [2.45, 2.75) is 0 Å². The number of rotatable bonds is 3. The molecular weight excluding hydrogens is 585 g/mol. The van der Waals surface area contributed by atoms with Gasteiger partial charge in [-0.05, 0) is 77.0 Å². The van der Waals surface area contributed by atoms with Crippen LogP contribution in [0, 0.1) is 0 Å². The third kappa shape index (κ3) is 4.00. The van der Waals surface area contributed by atoms with E-state index in [0.717, 1.165) is 0 Å². The van der Waals surface area contributed by atoms with Gasteiger partial charge in [0.2, 0.25) is 0 Å². The van der Waals surface area contributed by atoms with E-state index >= 15 is 0 Å². The third-order valence-electron chi connectivity index (χ3n) is 9.86. The molecule has 0 atom stereocenters. The minimum atomic E-state index is 1.24. The van der Waals surface area contributed by atoms with Gasteiger partial charge in [0.25, 0.3) is 0 Å². The summed E-state index contributed by atoms with van der Waals surface area (Å²) in [4.78, 5) is 0. The number of fused-ring (bicyclic) bond motifs is 8. The van der Waals surface area contributed by atoms with Crippen LogP contribution in [0.2, 0.25) is 0 Å². The van der Waals surface area contributed by atoms with Crippen LogP contribution in [-0.2, 0) is 0 Å². The molecule has 0 radical (unpaired) electrons. The van der Waals surface area contributed by atoms with Crippen LogP contribution in [-0.4, -0.2) is 0 Å². The van der Waals surface area contributed by atoms with Crippen LogP contribution in [0.1, 0.15) is 0 Å². The molecule has 0 amide bonds. The van der Waals surface area contributed by atoms with E-state index in [9.17, 15) is 0 Å². The van der Waals surface area contributed by atoms with Gasteiger partial charge in [0.1, 0.15) is 0 Å². The highest BCUT2D eigenvalue weighted by atomic mass is 32.1. The van der Waals surface area contributed by atoms with Crippen LogP contribution in [0.5, 0.6) is 0 Å². The average Bonchev–Trinajstić information content (AvgIpc) is 3.54. The zero-order valence-electron chi connectivity index (χ0n) is 25.6. The molecule has 0 fully saturated rings. The molecule has 0 unspecified atom stereocenters. The van der Waals surface area contributed by atoms with Gasteiger partial charge in [-0.25, -0.2) is 0 Å². The SMILES string of the molecule is c1ccc2c(-c3ccc(-c4c5ccccc5c(-c5cccc6c5sc5ccc7ccccc7c56)c5ccccc45)cc3)cccc2c1. The van der Waals surface area contributed by atoms with Crippen LogP contribution in [0.3, 0.4) is 0 Å². The van der Waals surface area contributed by atoms with E-state index in [1.54, 1.807) is 0 Å². The molecule has 218 valence electrons. The van der Waals surface area contributed by atoms with Gasteiger partial charge in [0.05, 0.1) is 0 Å². The van der Waals surface area contributed by atoms with Crippen LogP contribution in [0.25, 0.3) is 96.6 Å². The molecule has 0 spiro atoms. The van der Waals surface area contributed by atoms with Crippen molar-refractivity contribution in [2.24, 2.45) is 0 Å². The highest BCUT2D eigenvalue weighted by molar-refractivity contribution is 7.26. The molecule has 1 heterocycles. The monoisotopic (exact) mass is 612 g/mol.